The fourth-order valence-electron chi connectivity index (χ4n) is 0.844. The first-order valence-electron chi connectivity index (χ1n) is 3.39. The van der Waals surface area contributed by atoms with Crippen molar-refractivity contribution < 1.29 is 9.90 Å². The summed E-state index contributed by atoms with van der Waals surface area (Å²) in [7, 11) is 0. The largest absolute Gasteiger partial charge is 0.478 e. The molecule has 0 aliphatic rings. The molecule has 4 heteroatoms. The molecule has 0 fully saturated rings. The van der Waals surface area contributed by atoms with Gasteiger partial charge in [0.25, 0.3) is 0 Å². The van der Waals surface area contributed by atoms with Crippen molar-refractivity contribution in [2.45, 2.75) is 6.54 Å². The van der Waals surface area contributed by atoms with Crippen LogP contribution in [0.4, 0.5) is 0 Å². The predicted octanol–water partition coefficient (Wildman–Crippen LogP) is 1.92. The van der Waals surface area contributed by atoms with E-state index in [1.54, 1.807) is 12.1 Å². The fraction of sp³-hybridized carbons (Fsp3) is 0.125. The Labute approximate surface area is 69.4 Å². The highest BCUT2D eigenvalue weighted by atomic mass is 16.4. The molecule has 2 N–H and O–H groups in total. The molecule has 0 amide bonds. The molecule has 12 heavy (non-hydrogen) atoms. The normalized spacial score (nSPS) is 9.33. The molecule has 0 saturated carbocycles. The number of nitrogens with one attached hydrogen (secondary N) is 1. The zero-order chi connectivity index (χ0) is 8.97. The topological polar surface area (TPSA) is 73.5 Å². The molecule has 4 nitrogen and oxygen atoms in total. The fourth-order valence-corrected chi connectivity index (χ4v) is 0.844. The molecule has 0 spiro atoms. The lowest BCUT2D eigenvalue weighted by molar-refractivity contribution is 0.0697. The molecule has 1 aromatic carbocycles. The van der Waals surface area contributed by atoms with E-state index >= 15 is 0 Å². The van der Waals surface area contributed by atoms with Gasteiger partial charge >= 0.3 is 5.97 Å². The quantitative estimate of drug-likeness (QED) is 0.669. The standard InChI is InChI=1S/C8H8N2O2/c9-10-5-6-1-3-7(4-2-6)8(11)12/h1-4,9H,5H2,(H,11,12). The molecule has 0 aliphatic carbocycles. The molecule has 0 aliphatic heterocycles. The number of rotatable bonds is 3. The summed E-state index contributed by atoms with van der Waals surface area (Å²) in [4.78, 5) is 10.4. The molecule has 0 atom stereocenters. The van der Waals surface area contributed by atoms with E-state index in [0.717, 1.165) is 5.56 Å². The monoisotopic (exact) mass is 164 g/mol. The SMILES string of the molecule is N=NCc1ccc(C(=O)O)cc1. The highest BCUT2D eigenvalue weighted by molar-refractivity contribution is 5.87. The molecule has 0 bridgehead atoms. The minimum atomic E-state index is -0.940. The maximum absolute atomic E-state index is 10.4. The molecule has 0 heterocycles. The van der Waals surface area contributed by atoms with Crippen LogP contribution in [-0.2, 0) is 6.54 Å². The van der Waals surface area contributed by atoms with Gasteiger partial charge in [0.2, 0.25) is 0 Å². The third-order valence-electron chi connectivity index (χ3n) is 1.46. The second kappa shape index (κ2) is 3.61. The van der Waals surface area contributed by atoms with Crippen molar-refractivity contribution in [3.8, 4) is 0 Å². The molecule has 0 aromatic heterocycles. The van der Waals surface area contributed by atoms with E-state index in [2.05, 4.69) is 5.11 Å². The summed E-state index contributed by atoms with van der Waals surface area (Å²) in [6.45, 7) is 0.305. The van der Waals surface area contributed by atoms with Crippen LogP contribution in [0.2, 0.25) is 0 Å². The number of carbonyl (C=O) groups is 1. The van der Waals surface area contributed by atoms with Gasteiger partial charge in [0.15, 0.2) is 0 Å². The lowest BCUT2D eigenvalue weighted by Gasteiger charge is -1.95. The average molecular weight is 164 g/mol. The molecule has 1 rings (SSSR count). The molecule has 0 saturated heterocycles. The van der Waals surface area contributed by atoms with E-state index in [1.165, 1.54) is 12.1 Å². The third kappa shape index (κ3) is 1.88. The van der Waals surface area contributed by atoms with Gasteiger partial charge in [0.05, 0.1) is 12.1 Å². The van der Waals surface area contributed by atoms with Crippen LogP contribution in [0.1, 0.15) is 15.9 Å². The Morgan fingerprint density at radius 1 is 1.42 bits per heavy atom. The third-order valence-corrected chi connectivity index (χ3v) is 1.46. The van der Waals surface area contributed by atoms with E-state index in [1.807, 2.05) is 0 Å². The maximum Gasteiger partial charge on any atom is 0.335 e. The van der Waals surface area contributed by atoms with Gasteiger partial charge in [-0.15, -0.1) is 0 Å². The zero-order valence-electron chi connectivity index (χ0n) is 6.32. The Kier molecular flexibility index (Phi) is 2.53. The van der Waals surface area contributed by atoms with Crippen LogP contribution < -0.4 is 0 Å². The summed E-state index contributed by atoms with van der Waals surface area (Å²) < 4.78 is 0. The van der Waals surface area contributed by atoms with Gasteiger partial charge in [0, 0.05) is 0 Å². The number of carboxylic acid groups (broad SMARTS) is 1. The molecular formula is C8H8N2O2. The predicted molar refractivity (Wildman–Crippen MR) is 42.3 cm³/mol. The Bertz CT molecular complexity index is 292. The first-order chi connectivity index (χ1) is 5.74. The molecule has 0 unspecified atom stereocenters. The van der Waals surface area contributed by atoms with Crippen LogP contribution in [0.15, 0.2) is 29.4 Å². The lowest BCUT2D eigenvalue weighted by Crippen LogP contribution is -1.95. The van der Waals surface area contributed by atoms with Crippen molar-refractivity contribution in [3.05, 3.63) is 35.4 Å². The summed E-state index contributed by atoms with van der Waals surface area (Å²) in [5.74, 6) is -0.940. The summed E-state index contributed by atoms with van der Waals surface area (Å²) in [5, 5.41) is 11.7. The molecular weight excluding hydrogens is 156 g/mol. The van der Waals surface area contributed by atoms with Crippen molar-refractivity contribution in [1.82, 2.24) is 0 Å². The van der Waals surface area contributed by atoms with Gasteiger partial charge in [-0.1, -0.05) is 12.1 Å². The Hall–Kier alpha value is -1.71. The van der Waals surface area contributed by atoms with Gasteiger partial charge in [-0.3, -0.25) is 0 Å². The minimum Gasteiger partial charge on any atom is -0.478 e. The Morgan fingerprint density at radius 3 is 2.42 bits per heavy atom. The van der Waals surface area contributed by atoms with Crippen LogP contribution in [0.25, 0.3) is 0 Å². The molecule has 0 radical (unpaired) electrons. The van der Waals surface area contributed by atoms with Crippen LogP contribution in [0.5, 0.6) is 0 Å². The second-order valence-electron chi connectivity index (χ2n) is 2.32. The number of carboxylic acids is 1. The molecule has 1 aromatic rings. The van der Waals surface area contributed by atoms with Gasteiger partial charge in [-0.2, -0.15) is 5.11 Å². The maximum atomic E-state index is 10.4. The van der Waals surface area contributed by atoms with E-state index in [9.17, 15) is 4.79 Å². The minimum absolute atomic E-state index is 0.253. The van der Waals surface area contributed by atoms with Gasteiger partial charge in [-0.05, 0) is 17.7 Å². The lowest BCUT2D eigenvalue weighted by atomic mass is 10.1. The van der Waals surface area contributed by atoms with Gasteiger partial charge in [0.1, 0.15) is 0 Å². The van der Waals surface area contributed by atoms with E-state index in [0.29, 0.717) is 6.54 Å². The number of aromatic carboxylic acids is 1. The van der Waals surface area contributed by atoms with Gasteiger partial charge < -0.3 is 5.11 Å². The van der Waals surface area contributed by atoms with Crippen molar-refractivity contribution in [2.75, 3.05) is 0 Å². The van der Waals surface area contributed by atoms with Crippen molar-refractivity contribution in [2.24, 2.45) is 5.11 Å². The first kappa shape index (κ1) is 8.39. The number of hydrogen-bond donors (Lipinski definition) is 2. The van der Waals surface area contributed by atoms with Crippen LogP contribution in [0.3, 0.4) is 0 Å². The summed E-state index contributed by atoms with van der Waals surface area (Å²) in [6, 6.07) is 6.31. The number of benzene rings is 1. The summed E-state index contributed by atoms with van der Waals surface area (Å²) >= 11 is 0. The zero-order valence-corrected chi connectivity index (χ0v) is 6.32. The van der Waals surface area contributed by atoms with Crippen LogP contribution in [0, 0.1) is 5.53 Å². The highest BCUT2D eigenvalue weighted by Crippen LogP contribution is 2.05. The van der Waals surface area contributed by atoms with Gasteiger partial charge in [-0.25, -0.2) is 10.3 Å². The molecule has 62 valence electrons. The average Bonchev–Trinajstić information content (AvgIpc) is 2.06. The van der Waals surface area contributed by atoms with Crippen molar-refractivity contribution in [1.29, 1.82) is 5.53 Å². The van der Waals surface area contributed by atoms with E-state index in [4.69, 9.17) is 10.6 Å². The van der Waals surface area contributed by atoms with Crippen LogP contribution >= 0.6 is 0 Å². The number of nitrogens with zero attached hydrogens (tertiary/aromatic N) is 1. The first-order valence-corrected chi connectivity index (χ1v) is 3.39. The van der Waals surface area contributed by atoms with E-state index < -0.39 is 5.97 Å². The smallest absolute Gasteiger partial charge is 0.335 e. The summed E-state index contributed by atoms with van der Waals surface area (Å²) in [6.07, 6.45) is 0. The Morgan fingerprint density at radius 2 is 2.00 bits per heavy atom. The van der Waals surface area contributed by atoms with Crippen molar-refractivity contribution >= 4 is 5.97 Å². The number of hydrogen-bond acceptors (Lipinski definition) is 3. The summed E-state index contributed by atoms with van der Waals surface area (Å²) in [5.41, 5.74) is 7.68. The Balaban J connectivity index is 2.85. The second-order valence-corrected chi connectivity index (χ2v) is 2.32. The van der Waals surface area contributed by atoms with Crippen molar-refractivity contribution in [3.63, 3.8) is 0 Å². The van der Waals surface area contributed by atoms with E-state index in [-0.39, 0.29) is 5.56 Å². The highest BCUT2D eigenvalue weighted by Gasteiger charge is 2.00. The van der Waals surface area contributed by atoms with Crippen LogP contribution in [-0.4, -0.2) is 11.1 Å².